The second-order valence-electron chi connectivity index (χ2n) is 5.26. The van der Waals surface area contributed by atoms with Crippen molar-refractivity contribution in [3.63, 3.8) is 0 Å². The monoisotopic (exact) mass is 364 g/mol. The maximum Gasteiger partial charge on any atom is 0.303 e. The van der Waals surface area contributed by atoms with E-state index in [9.17, 15) is 23.6 Å². The van der Waals surface area contributed by atoms with Gasteiger partial charge >= 0.3 is 17.9 Å². The van der Waals surface area contributed by atoms with E-state index in [1.807, 2.05) is 0 Å². The number of carbonyl (C=O) groups excluding carboxylic acids is 4. The van der Waals surface area contributed by atoms with Gasteiger partial charge in [-0.25, -0.2) is 4.39 Å². The molecule has 0 spiro atoms. The van der Waals surface area contributed by atoms with Crippen molar-refractivity contribution in [2.45, 2.75) is 51.5 Å². The number of hydrogen-bond acceptors (Lipinski definition) is 9. The van der Waals surface area contributed by atoms with Crippen molar-refractivity contribution >= 4 is 23.8 Å². The highest BCUT2D eigenvalue weighted by Crippen LogP contribution is 2.28. The fourth-order valence-corrected chi connectivity index (χ4v) is 2.23. The van der Waals surface area contributed by atoms with Crippen molar-refractivity contribution in [1.82, 2.24) is 5.32 Å². The predicted molar refractivity (Wildman–Crippen MR) is 78.5 cm³/mol. The van der Waals surface area contributed by atoms with Crippen LogP contribution < -0.4 is 11.1 Å². The van der Waals surface area contributed by atoms with Crippen LogP contribution in [0.3, 0.4) is 0 Å². The summed E-state index contributed by atoms with van der Waals surface area (Å²) in [4.78, 5) is 45.0. The van der Waals surface area contributed by atoms with Gasteiger partial charge in [0.15, 0.2) is 24.6 Å². The van der Waals surface area contributed by atoms with Crippen LogP contribution in [-0.2, 0) is 38.1 Å². The molecule has 0 bridgehead atoms. The van der Waals surface area contributed by atoms with Gasteiger partial charge in [0.05, 0.1) is 6.54 Å². The van der Waals surface area contributed by atoms with E-state index in [-0.39, 0.29) is 0 Å². The molecule has 10 nitrogen and oxygen atoms in total. The minimum Gasteiger partial charge on any atom is -0.463 e. The summed E-state index contributed by atoms with van der Waals surface area (Å²) in [5.74, 6) is -2.98. The lowest BCUT2D eigenvalue weighted by atomic mass is 9.98. The van der Waals surface area contributed by atoms with Crippen LogP contribution >= 0.6 is 0 Å². The number of esters is 3. The summed E-state index contributed by atoms with van der Waals surface area (Å²) >= 11 is 0. The Kier molecular flexibility index (Phi) is 7.71. The standard InChI is InChI=1S/C14H21FN2O8/c1-6(18)22-5-9-12(23-7(2)19)13(24-8(3)20)11(15)14(25-9)17-10(21)4-16/h9,11-14H,4-5,16H2,1-3H3,(H,17,21)/t9-,11-,12-,13-,14-/m1/s1. The lowest BCUT2D eigenvalue weighted by Crippen LogP contribution is -2.64. The number of hydrogen-bond donors (Lipinski definition) is 2. The fourth-order valence-electron chi connectivity index (χ4n) is 2.23. The van der Waals surface area contributed by atoms with Crippen molar-refractivity contribution in [3.05, 3.63) is 0 Å². The van der Waals surface area contributed by atoms with Gasteiger partial charge in [-0.05, 0) is 0 Å². The number of alkyl halides is 1. The van der Waals surface area contributed by atoms with Crippen LogP contribution in [-0.4, -0.2) is 67.7 Å². The first kappa shape index (κ1) is 20.8. The molecular formula is C14H21FN2O8. The molecular weight excluding hydrogens is 343 g/mol. The summed E-state index contributed by atoms with van der Waals surface area (Å²) in [6, 6.07) is 0. The van der Waals surface area contributed by atoms with E-state index in [1.54, 1.807) is 0 Å². The maximum atomic E-state index is 14.7. The van der Waals surface area contributed by atoms with Gasteiger partial charge in [-0.2, -0.15) is 0 Å². The second kappa shape index (κ2) is 9.28. The van der Waals surface area contributed by atoms with E-state index in [0.29, 0.717) is 0 Å². The smallest absolute Gasteiger partial charge is 0.303 e. The lowest BCUT2D eigenvalue weighted by Gasteiger charge is -2.42. The molecule has 142 valence electrons. The number of nitrogens with one attached hydrogen (secondary N) is 1. The molecule has 1 saturated heterocycles. The predicted octanol–water partition coefficient (Wildman–Crippen LogP) is -1.45. The van der Waals surface area contributed by atoms with Crippen LogP contribution in [0.1, 0.15) is 20.8 Å². The molecule has 0 aromatic rings. The molecule has 1 aliphatic rings. The third kappa shape index (κ3) is 6.27. The fraction of sp³-hybridized carbons (Fsp3) is 0.714. The Morgan fingerprint density at radius 3 is 2.08 bits per heavy atom. The molecule has 1 aliphatic heterocycles. The van der Waals surface area contributed by atoms with E-state index in [0.717, 1.165) is 20.8 Å². The van der Waals surface area contributed by atoms with Crippen LogP contribution in [0.5, 0.6) is 0 Å². The molecule has 25 heavy (non-hydrogen) atoms. The number of carbonyl (C=O) groups is 4. The first-order valence-corrected chi connectivity index (χ1v) is 7.42. The van der Waals surface area contributed by atoms with Crippen molar-refractivity contribution in [2.24, 2.45) is 5.73 Å². The Morgan fingerprint density at radius 2 is 1.60 bits per heavy atom. The van der Waals surface area contributed by atoms with Gasteiger partial charge in [0.2, 0.25) is 5.91 Å². The Labute approximate surface area is 143 Å². The van der Waals surface area contributed by atoms with Gasteiger partial charge in [0, 0.05) is 20.8 Å². The number of amides is 1. The van der Waals surface area contributed by atoms with Gasteiger partial charge in [0.1, 0.15) is 12.7 Å². The van der Waals surface area contributed by atoms with Gasteiger partial charge in [-0.1, -0.05) is 0 Å². The van der Waals surface area contributed by atoms with Gasteiger partial charge < -0.3 is 30.0 Å². The Hall–Kier alpha value is -2.27. The molecule has 1 heterocycles. The number of halogens is 1. The molecule has 0 aromatic carbocycles. The third-order valence-corrected chi connectivity index (χ3v) is 3.16. The zero-order valence-electron chi connectivity index (χ0n) is 14.0. The molecule has 0 saturated carbocycles. The summed E-state index contributed by atoms with van der Waals surface area (Å²) < 4.78 is 34.7. The van der Waals surface area contributed by atoms with Gasteiger partial charge in [-0.3, -0.25) is 19.2 Å². The highest BCUT2D eigenvalue weighted by molar-refractivity contribution is 5.78. The van der Waals surface area contributed by atoms with E-state index in [1.165, 1.54) is 0 Å². The minimum absolute atomic E-state index is 0.410. The van der Waals surface area contributed by atoms with Crippen molar-refractivity contribution in [2.75, 3.05) is 13.2 Å². The van der Waals surface area contributed by atoms with E-state index < -0.39 is 67.7 Å². The number of ether oxygens (including phenoxy) is 4. The van der Waals surface area contributed by atoms with Crippen molar-refractivity contribution < 1.29 is 42.5 Å². The molecule has 0 unspecified atom stereocenters. The van der Waals surface area contributed by atoms with Crippen LogP contribution in [0.2, 0.25) is 0 Å². The average Bonchev–Trinajstić information content (AvgIpc) is 2.51. The molecule has 5 atom stereocenters. The number of rotatable bonds is 6. The summed E-state index contributed by atoms with van der Waals surface area (Å²) in [7, 11) is 0. The highest BCUT2D eigenvalue weighted by atomic mass is 19.1. The lowest BCUT2D eigenvalue weighted by molar-refractivity contribution is -0.239. The molecule has 0 aromatic heterocycles. The third-order valence-electron chi connectivity index (χ3n) is 3.16. The molecule has 1 fully saturated rings. The SMILES string of the molecule is CC(=O)OC[C@H]1O[C@@H](NC(=O)CN)[C@H](F)[C@@H](OC(C)=O)[C@@H]1OC(C)=O. The zero-order chi connectivity index (χ0) is 19.1. The van der Waals surface area contributed by atoms with Gasteiger partial charge in [0.25, 0.3) is 0 Å². The van der Waals surface area contributed by atoms with Crippen LogP contribution in [0.25, 0.3) is 0 Å². The summed E-state index contributed by atoms with van der Waals surface area (Å²) in [5, 5.41) is 2.18. The summed E-state index contributed by atoms with van der Waals surface area (Å²) in [6.07, 6.45) is -7.70. The quantitative estimate of drug-likeness (QED) is 0.427. The van der Waals surface area contributed by atoms with Gasteiger partial charge in [-0.15, -0.1) is 0 Å². The van der Waals surface area contributed by atoms with Crippen LogP contribution in [0.4, 0.5) is 4.39 Å². The zero-order valence-corrected chi connectivity index (χ0v) is 14.0. The van der Waals surface area contributed by atoms with E-state index >= 15 is 0 Å². The van der Waals surface area contributed by atoms with Crippen molar-refractivity contribution in [1.29, 1.82) is 0 Å². The Morgan fingerprint density at radius 1 is 1.04 bits per heavy atom. The largest absolute Gasteiger partial charge is 0.463 e. The number of nitrogens with two attached hydrogens (primary N) is 1. The molecule has 1 amide bonds. The van der Waals surface area contributed by atoms with Crippen molar-refractivity contribution in [3.8, 4) is 0 Å². The first-order chi connectivity index (χ1) is 11.6. The Balaban J connectivity index is 3.08. The maximum absolute atomic E-state index is 14.7. The Bertz CT molecular complexity index is 529. The van der Waals surface area contributed by atoms with Crippen LogP contribution in [0.15, 0.2) is 0 Å². The first-order valence-electron chi connectivity index (χ1n) is 7.42. The molecule has 0 aliphatic carbocycles. The highest BCUT2D eigenvalue weighted by Gasteiger charge is 2.51. The molecule has 0 radical (unpaired) electrons. The van der Waals surface area contributed by atoms with Crippen LogP contribution in [0, 0.1) is 0 Å². The minimum atomic E-state index is -2.04. The molecule has 1 rings (SSSR count). The molecule has 11 heteroatoms. The normalized spacial score (nSPS) is 28.6. The molecule has 3 N–H and O–H groups in total. The second-order valence-corrected chi connectivity index (χ2v) is 5.26. The topological polar surface area (TPSA) is 143 Å². The summed E-state index contributed by atoms with van der Waals surface area (Å²) in [6.45, 7) is 2.42. The van der Waals surface area contributed by atoms with E-state index in [2.05, 4.69) is 5.32 Å². The average molecular weight is 364 g/mol. The summed E-state index contributed by atoms with van der Waals surface area (Å²) in [5.41, 5.74) is 5.16. The van der Waals surface area contributed by atoms with E-state index in [4.69, 9.17) is 24.7 Å².